The molecule has 0 saturated heterocycles. The van der Waals surface area contributed by atoms with Crippen molar-refractivity contribution in [3.05, 3.63) is 65.2 Å². The zero-order valence-electron chi connectivity index (χ0n) is 9.81. The number of hydrogen-bond acceptors (Lipinski definition) is 2. The van der Waals surface area contributed by atoms with E-state index in [1.807, 2.05) is 31.2 Å². The third-order valence-corrected chi connectivity index (χ3v) is 2.94. The minimum absolute atomic E-state index is 0.448. The maximum Gasteiger partial charge on any atom is 0.141 e. The van der Waals surface area contributed by atoms with Crippen LogP contribution in [0.5, 0.6) is 0 Å². The Hall–Kier alpha value is -1.74. The van der Waals surface area contributed by atoms with E-state index in [9.17, 15) is 9.50 Å². The number of nitrogens with zero attached hydrogens (tertiary/aromatic N) is 1. The van der Waals surface area contributed by atoms with Gasteiger partial charge in [0.2, 0.25) is 0 Å². The van der Waals surface area contributed by atoms with Gasteiger partial charge in [0, 0.05) is 11.8 Å². The molecule has 1 N–H and O–H groups in total. The quantitative estimate of drug-likeness (QED) is 0.862. The molecule has 0 aliphatic carbocycles. The van der Waals surface area contributed by atoms with Crippen LogP contribution in [0.1, 0.15) is 23.6 Å². The summed E-state index contributed by atoms with van der Waals surface area (Å²) in [5, 5.41) is 10.6. The second-order valence-electron chi connectivity index (χ2n) is 4.28. The number of rotatable bonds is 2. The molecular weight excluding hydrogens is 217 g/mol. The smallest absolute Gasteiger partial charge is 0.141 e. The molecule has 0 aliphatic rings. The minimum atomic E-state index is -1.24. The van der Waals surface area contributed by atoms with Crippen LogP contribution >= 0.6 is 0 Å². The first-order valence-corrected chi connectivity index (χ1v) is 5.41. The van der Waals surface area contributed by atoms with Crippen molar-refractivity contribution in [3.8, 4) is 0 Å². The molecule has 3 heteroatoms. The van der Waals surface area contributed by atoms with Gasteiger partial charge in [0.05, 0.1) is 6.20 Å². The van der Waals surface area contributed by atoms with Gasteiger partial charge in [-0.2, -0.15) is 0 Å². The van der Waals surface area contributed by atoms with Gasteiger partial charge in [-0.15, -0.1) is 0 Å². The Labute approximate surface area is 99.8 Å². The molecular formula is C14H14FNO. The van der Waals surface area contributed by atoms with Crippen molar-refractivity contribution < 1.29 is 9.50 Å². The Morgan fingerprint density at radius 3 is 2.59 bits per heavy atom. The molecule has 1 atom stereocenters. The summed E-state index contributed by atoms with van der Waals surface area (Å²) in [7, 11) is 0. The summed E-state index contributed by atoms with van der Waals surface area (Å²) in [4.78, 5) is 3.77. The lowest BCUT2D eigenvalue weighted by molar-refractivity contribution is 0.101. The number of aryl methyl sites for hydroxylation is 1. The van der Waals surface area contributed by atoms with E-state index in [0.29, 0.717) is 5.56 Å². The largest absolute Gasteiger partial charge is 0.381 e. The highest BCUT2D eigenvalue weighted by atomic mass is 19.1. The molecule has 17 heavy (non-hydrogen) atoms. The third-order valence-electron chi connectivity index (χ3n) is 2.94. The van der Waals surface area contributed by atoms with E-state index >= 15 is 0 Å². The van der Waals surface area contributed by atoms with E-state index < -0.39 is 11.4 Å². The van der Waals surface area contributed by atoms with Gasteiger partial charge < -0.3 is 5.11 Å². The fraction of sp³-hybridized carbons (Fsp3) is 0.214. The van der Waals surface area contributed by atoms with Crippen LogP contribution in [-0.4, -0.2) is 10.1 Å². The summed E-state index contributed by atoms with van der Waals surface area (Å²) in [6.07, 6.45) is 2.60. The van der Waals surface area contributed by atoms with Crippen molar-refractivity contribution in [1.82, 2.24) is 4.98 Å². The van der Waals surface area contributed by atoms with Gasteiger partial charge in [-0.1, -0.05) is 24.3 Å². The van der Waals surface area contributed by atoms with Crippen LogP contribution in [0.4, 0.5) is 4.39 Å². The zero-order chi connectivity index (χ0) is 12.5. The van der Waals surface area contributed by atoms with Crippen LogP contribution in [-0.2, 0) is 5.60 Å². The number of aromatic nitrogens is 1. The Morgan fingerprint density at radius 2 is 1.94 bits per heavy atom. The van der Waals surface area contributed by atoms with Crippen molar-refractivity contribution in [1.29, 1.82) is 0 Å². The predicted molar refractivity (Wildman–Crippen MR) is 64.0 cm³/mol. The Kier molecular flexibility index (Phi) is 2.94. The highest BCUT2D eigenvalue weighted by molar-refractivity contribution is 5.38. The first-order valence-electron chi connectivity index (χ1n) is 5.41. The molecule has 0 amide bonds. The van der Waals surface area contributed by atoms with Crippen LogP contribution in [0.2, 0.25) is 0 Å². The summed E-state index contributed by atoms with van der Waals surface area (Å²) in [5.41, 5.74) is 0.932. The average molecular weight is 231 g/mol. The lowest BCUT2D eigenvalue weighted by Gasteiger charge is -2.25. The summed E-state index contributed by atoms with van der Waals surface area (Å²) < 4.78 is 13.1. The molecule has 88 valence electrons. The van der Waals surface area contributed by atoms with E-state index in [4.69, 9.17) is 0 Å². The van der Waals surface area contributed by atoms with Crippen LogP contribution in [0.3, 0.4) is 0 Å². The summed E-state index contributed by atoms with van der Waals surface area (Å²) in [5.74, 6) is -0.448. The zero-order valence-corrected chi connectivity index (χ0v) is 9.81. The molecule has 2 aromatic rings. The molecule has 0 bridgehead atoms. The van der Waals surface area contributed by atoms with Crippen molar-refractivity contribution in [2.75, 3.05) is 0 Å². The number of benzene rings is 1. The number of hydrogen-bond donors (Lipinski definition) is 1. The SMILES string of the molecule is Cc1ccccc1C(C)(O)c1cncc(F)c1. The number of aliphatic hydroxyl groups is 1. The standard InChI is InChI=1S/C14H14FNO/c1-10-5-3-4-6-13(10)14(2,17)11-7-12(15)9-16-8-11/h3-9,17H,1-2H3. The molecule has 0 radical (unpaired) electrons. The van der Waals surface area contributed by atoms with Crippen molar-refractivity contribution >= 4 is 0 Å². The molecule has 0 aliphatic heterocycles. The lowest BCUT2D eigenvalue weighted by Crippen LogP contribution is -2.24. The molecule has 0 spiro atoms. The van der Waals surface area contributed by atoms with E-state index in [0.717, 1.165) is 17.3 Å². The van der Waals surface area contributed by atoms with Gasteiger partial charge >= 0.3 is 0 Å². The third kappa shape index (κ3) is 2.19. The molecule has 2 rings (SSSR count). The van der Waals surface area contributed by atoms with E-state index in [-0.39, 0.29) is 0 Å². The number of pyridine rings is 1. The maximum absolute atomic E-state index is 13.1. The van der Waals surface area contributed by atoms with Crippen molar-refractivity contribution in [2.24, 2.45) is 0 Å². The lowest BCUT2D eigenvalue weighted by atomic mass is 9.86. The van der Waals surface area contributed by atoms with Crippen LogP contribution in [0.15, 0.2) is 42.7 Å². The fourth-order valence-electron chi connectivity index (χ4n) is 1.95. The van der Waals surface area contributed by atoms with Gasteiger partial charge in [-0.05, 0) is 31.0 Å². The Bertz CT molecular complexity index is 537. The second-order valence-corrected chi connectivity index (χ2v) is 4.28. The summed E-state index contributed by atoms with van der Waals surface area (Å²) in [6, 6.07) is 8.80. The van der Waals surface area contributed by atoms with Gasteiger partial charge in [-0.25, -0.2) is 4.39 Å². The molecule has 0 fully saturated rings. The molecule has 1 heterocycles. The predicted octanol–water partition coefficient (Wildman–Crippen LogP) is 2.78. The van der Waals surface area contributed by atoms with E-state index in [1.165, 1.54) is 12.3 Å². The molecule has 1 aromatic heterocycles. The van der Waals surface area contributed by atoms with E-state index in [2.05, 4.69) is 4.98 Å². The normalized spacial score (nSPS) is 14.4. The van der Waals surface area contributed by atoms with Crippen LogP contribution in [0.25, 0.3) is 0 Å². The summed E-state index contributed by atoms with van der Waals surface area (Å²) in [6.45, 7) is 3.56. The summed E-state index contributed by atoms with van der Waals surface area (Å²) >= 11 is 0. The monoisotopic (exact) mass is 231 g/mol. The molecule has 0 saturated carbocycles. The van der Waals surface area contributed by atoms with Gasteiger partial charge in [-0.3, -0.25) is 4.98 Å². The van der Waals surface area contributed by atoms with Crippen LogP contribution in [0, 0.1) is 12.7 Å². The van der Waals surface area contributed by atoms with Crippen molar-refractivity contribution in [3.63, 3.8) is 0 Å². The highest BCUT2D eigenvalue weighted by Crippen LogP contribution is 2.30. The van der Waals surface area contributed by atoms with E-state index in [1.54, 1.807) is 6.92 Å². The van der Waals surface area contributed by atoms with Gasteiger partial charge in [0.1, 0.15) is 11.4 Å². The average Bonchev–Trinajstić information content (AvgIpc) is 2.29. The topological polar surface area (TPSA) is 33.1 Å². The first-order chi connectivity index (χ1) is 8.01. The molecule has 1 aromatic carbocycles. The van der Waals surface area contributed by atoms with Gasteiger partial charge in [0.15, 0.2) is 0 Å². The highest BCUT2D eigenvalue weighted by Gasteiger charge is 2.27. The number of halogens is 1. The second kappa shape index (κ2) is 4.26. The van der Waals surface area contributed by atoms with Crippen LogP contribution < -0.4 is 0 Å². The van der Waals surface area contributed by atoms with Gasteiger partial charge in [0.25, 0.3) is 0 Å². The minimum Gasteiger partial charge on any atom is -0.381 e. The Morgan fingerprint density at radius 1 is 1.24 bits per heavy atom. The molecule has 2 nitrogen and oxygen atoms in total. The Balaban J connectivity index is 2.53. The fourth-order valence-corrected chi connectivity index (χ4v) is 1.95. The maximum atomic E-state index is 13.1. The first kappa shape index (κ1) is 11.7. The van der Waals surface area contributed by atoms with Crippen molar-refractivity contribution in [2.45, 2.75) is 19.4 Å². The molecule has 1 unspecified atom stereocenters.